The number of anilines is 3. The Hall–Kier alpha value is -4.09. The first kappa shape index (κ1) is 21.4. The fourth-order valence-electron chi connectivity index (χ4n) is 3.93. The zero-order chi connectivity index (χ0) is 23.8. The van der Waals surface area contributed by atoms with Gasteiger partial charge in [0.15, 0.2) is 11.5 Å². The summed E-state index contributed by atoms with van der Waals surface area (Å²) in [6.07, 6.45) is 7.49. The van der Waals surface area contributed by atoms with Crippen LogP contribution in [0.1, 0.15) is 6.42 Å². The quantitative estimate of drug-likeness (QED) is 0.361. The van der Waals surface area contributed by atoms with Gasteiger partial charge in [0, 0.05) is 31.6 Å². The highest BCUT2D eigenvalue weighted by Crippen LogP contribution is 2.33. The molecule has 35 heavy (non-hydrogen) atoms. The lowest BCUT2D eigenvalue weighted by molar-refractivity contribution is 0.156. The zero-order valence-corrected chi connectivity index (χ0v) is 19.4. The van der Waals surface area contributed by atoms with Crippen molar-refractivity contribution in [1.29, 1.82) is 0 Å². The van der Waals surface area contributed by atoms with E-state index in [-0.39, 0.29) is 6.04 Å². The number of methoxy groups -OCH3 is 1. The normalized spacial score (nSPS) is 15.4. The van der Waals surface area contributed by atoms with E-state index in [2.05, 4.69) is 35.3 Å². The molecule has 0 unspecified atom stereocenters. The Morgan fingerprint density at radius 1 is 1.11 bits per heavy atom. The maximum atomic E-state index is 6.52. The summed E-state index contributed by atoms with van der Waals surface area (Å²) in [6, 6.07) is 9.27. The van der Waals surface area contributed by atoms with Gasteiger partial charge in [-0.05, 0) is 30.7 Å². The fourth-order valence-corrected chi connectivity index (χ4v) is 4.15. The maximum Gasteiger partial charge on any atom is 0.226 e. The Balaban J connectivity index is 1.24. The van der Waals surface area contributed by atoms with E-state index in [4.69, 9.17) is 26.1 Å². The van der Waals surface area contributed by atoms with Crippen molar-refractivity contribution in [3.05, 3.63) is 60.4 Å². The minimum absolute atomic E-state index is 0.273. The average Bonchev–Trinajstić information content (AvgIpc) is 3.32. The van der Waals surface area contributed by atoms with Crippen molar-refractivity contribution in [2.75, 3.05) is 30.5 Å². The number of hydrogen-bond acceptors (Lipinski definition) is 10. The van der Waals surface area contributed by atoms with E-state index < -0.39 is 0 Å². The molecule has 0 radical (unpaired) electrons. The van der Waals surface area contributed by atoms with Gasteiger partial charge in [-0.2, -0.15) is 5.10 Å². The number of rotatable bonds is 7. The molecule has 176 valence electrons. The molecule has 6 rings (SSSR count). The molecule has 5 heterocycles. The summed E-state index contributed by atoms with van der Waals surface area (Å²) in [5.74, 6) is 2.32. The number of benzene rings is 1. The lowest BCUT2D eigenvalue weighted by Gasteiger charge is -2.40. The van der Waals surface area contributed by atoms with E-state index in [9.17, 15) is 0 Å². The van der Waals surface area contributed by atoms with Crippen molar-refractivity contribution in [1.82, 2.24) is 34.5 Å². The van der Waals surface area contributed by atoms with Gasteiger partial charge in [0.2, 0.25) is 5.95 Å². The van der Waals surface area contributed by atoms with Crippen LogP contribution in [0.4, 0.5) is 17.5 Å². The van der Waals surface area contributed by atoms with Crippen LogP contribution in [-0.4, -0.2) is 60.8 Å². The molecule has 1 fully saturated rings. The second kappa shape index (κ2) is 8.93. The van der Waals surface area contributed by atoms with Crippen LogP contribution in [0, 0.1) is 0 Å². The summed E-state index contributed by atoms with van der Waals surface area (Å²) in [4.78, 5) is 24.2. The van der Waals surface area contributed by atoms with Crippen molar-refractivity contribution >= 4 is 45.7 Å². The van der Waals surface area contributed by atoms with Gasteiger partial charge in [-0.1, -0.05) is 11.6 Å². The molecule has 5 aromatic rings. The van der Waals surface area contributed by atoms with Gasteiger partial charge in [-0.3, -0.25) is 0 Å². The Kier molecular flexibility index (Phi) is 5.47. The van der Waals surface area contributed by atoms with Gasteiger partial charge in [0.25, 0.3) is 0 Å². The summed E-state index contributed by atoms with van der Waals surface area (Å²) in [7, 11) is 1.70. The van der Waals surface area contributed by atoms with Crippen molar-refractivity contribution < 1.29 is 9.47 Å². The molecule has 0 saturated carbocycles. The standard InChI is InChI=1S/C23H20ClN9O2/c1-34-11-15-4-6-32(15)23-25-10-18-21(31-23)22(28-12-26-18)30-14-2-3-19(17(24)8-14)35-16-5-7-33-20(9-16)27-13-29-33/h2-3,5,7-10,12-13,15H,4,6,11H2,1H3,(H,26,28,30)/t15-/m1/s1. The summed E-state index contributed by atoms with van der Waals surface area (Å²) >= 11 is 6.52. The third kappa shape index (κ3) is 4.15. The van der Waals surface area contributed by atoms with E-state index >= 15 is 0 Å². The second-order valence-corrected chi connectivity index (χ2v) is 8.42. The lowest BCUT2D eigenvalue weighted by Crippen LogP contribution is -2.51. The molecule has 1 aromatic carbocycles. The zero-order valence-electron chi connectivity index (χ0n) is 18.7. The summed E-state index contributed by atoms with van der Waals surface area (Å²) < 4.78 is 12.9. The molecule has 0 spiro atoms. The van der Waals surface area contributed by atoms with E-state index in [1.165, 1.54) is 12.7 Å². The first-order valence-corrected chi connectivity index (χ1v) is 11.3. The lowest BCUT2D eigenvalue weighted by atomic mass is 10.1. The van der Waals surface area contributed by atoms with Crippen molar-refractivity contribution in [3.8, 4) is 11.5 Å². The van der Waals surface area contributed by atoms with Crippen LogP contribution in [0.15, 0.2) is 55.4 Å². The molecule has 1 aliphatic rings. The molecule has 0 bridgehead atoms. The average molecular weight is 490 g/mol. The van der Waals surface area contributed by atoms with Gasteiger partial charge >= 0.3 is 0 Å². The topological polar surface area (TPSA) is 115 Å². The molecular weight excluding hydrogens is 470 g/mol. The van der Waals surface area contributed by atoms with Gasteiger partial charge in [-0.25, -0.2) is 29.4 Å². The van der Waals surface area contributed by atoms with Crippen LogP contribution >= 0.6 is 11.6 Å². The van der Waals surface area contributed by atoms with Crippen molar-refractivity contribution in [2.24, 2.45) is 0 Å². The Morgan fingerprint density at radius 3 is 2.89 bits per heavy atom. The minimum atomic E-state index is 0.273. The maximum absolute atomic E-state index is 6.52. The molecule has 0 aliphatic carbocycles. The van der Waals surface area contributed by atoms with Crippen LogP contribution in [0.2, 0.25) is 5.02 Å². The monoisotopic (exact) mass is 489 g/mol. The van der Waals surface area contributed by atoms with Gasteiger partial charge in [-0.15, -0.1) is 0 Å². The molecule has 1 atom stereocenters. The van der Waals surface area contributed by atoms with Crippen LogP contribution in [-0.2, 0) is 4.74 Å². The summed E-state index contributed by atoms with van der Waals surface area (Å²) in [6.45, 7) is 1.52. The Bertz CT molecular complexity index is 1530. The Morgan fingerprint density at radius 2 is 2.06 bits per heavy atom. The van der Waals surface area contributed by atoms with Crippen LogP contribution in [0.3, 0.4) is 0 Å². The predicted molar refractivity (Wildman–Crippen MR) is 131 cm³/mol. The number of halogens is 1. The number of hydrogen-bond donors (Lipinski definition) is 1. The number of nitrogens with one attached hydrogen (secondary N) is 1. The second-order valence-electron chi connectivity index (χ2n) is 8.01. The number of aromatic nitrogens is 7. The number of nitrogens with zero attached hydrogens (tertiary/aromatic N) is 8. The summed E-state index contributed by atoms with van der Waals surface area (Å²) in [5, 5.41) is 7.81. The first-order chi connectivity index (χ1) is 17.2. The fraction of sp³-hybridized carbons (Fsp3) is 0.217. The van der Waals surface area contributed by atoms with E-state index in [1.807, 2.05) is 6.07 Å². The van der Waals surface area contributed by atoms with Gasteiger partial charge in [0.05, 0.1) is 23.9 Å². The number of ether oxygens (including phenoxy) is 2. The van der Waals surface area contributed by atoms with Crippen LogP contribution < -0.4 is 15.0 Å². The first-order valence-electron chi connectivity index (χ1n) is 10.9. The molecule has 0 amide bonds. The molecule has 4 aromatic heterocycles. The minimum Gasteiger partial charge on any atom is -0.456 e. The highest BCUT2D eigenvalue weighted by molar-refractivity contribution is 6.32. The Labute approximate surface area is 204 Å². The molecule has 1 N–H and O–H groups in total. The van der Waals surface area contributed by atoms with E-state index in [0.717, 1.165) is 18.7 Å². The van der Waals surface area contributed by atoms with Crippen molar-refractivity contribution in [3.63, 3.8) is 0 Å². The van der Waals surface area contributed by atoms with Gasteiger partial charge < -0.3 is 19.7 Å². The largest absolute Gasteiger partial charge is 0.456 e. The van der Waals surface area contributed by atoms with Crippen molar-refractivity contribution in [2.45, 2.75) is 12.5 Å². The van der Waals surface area contributed by atoms with E-state index in [1.54, 1.807) is 48.3 Å². The number of fused-ring (bicyclic) bond motifs is 2. The molecule has 1 saturated heterocycles. The van der Waals surface area contributed by atoms with Crippen LogP contribution in [0.25, 0.3) is 16.7 Å². The molecule has 12 heteroatoms. The SMILES string of the molecule is COC[C@H]1CCN1c1ncc2ncnc(Nc3ccc(Oc4ccn5ncnc5c4)c(Cl)c3)c2n1. The van der Waals surface area contributed by atoms with E-state index in [0.29, 0.717) is 51.6 Å². The summed E-state index contributed by atoms with van der Waals surface area (Å²) in [5.41, 5.74) is 2.68. The third-order valence-corrected chi connectivity index (χ3v) is 6.09. The third-order valence-electron chi connectivity index (χ3n) is 5.80. The highest BCUT2D eigenvalue weighted by atomic mass is 35.5. The smallest absolute Gasteiger partial charge is 0.226 e. The van der Waals surface area contributed by atoms with Gasteiger partial charge in [0.1, 0.15) is 35.2 Å². The predicted octanol–water partition coefficient (Wildman–Crippen LogP) is 3.88. The highest BCUT2D eigenvalue weighted by Gasteiger charge is 2.30. The molecule has 1 aliphatic heterocycles. The molecule has 11 nitrogen and oxygen atoms in total. The molecular formula is C23H20ClN9O2. The van der Waals surface area contributed by atoms with Crippen LogP contribution in [0.5, 0.6) is 11.5 Å². The number of pyridine rings is 1.